The molecule has 1 fully saturated rings. The van der Waals surface area contributed by atoms with Gasteiger partial charge in [0.1, 0.15) is 0 Å². The van der Waals surface area contributed by atoms with Crippen LogP contribution in [-0.4, -0.2) is 42.6 Å². The lowest BCUT2D eigenvalue weighted by Gasteiger charge is -2.20. The van der Waals surface area contributed by atoms with E-state index in [0.717, 1.165) is 5.56 Å². The lowest BCUT2D eigenvalue weighted by molar-refractivity contribution is -0.146. The highest BCUT2D eigenvalue weighted by molar-refractivity contribution is 7.89. The van der Waals surface area contributed by atoms with Gasteiger partial charge in [-0.05, 0) is 37.5 Å². The third kappa shape index (κ3) is 3.75. The molecule has 116 valence electrons. The molecule has 0 aliphatic carbocycles. The maximum atomic E-state index is 12.3. The van der Waals surface area contributed by atoms with Crippen LogP contribution in [0.25, 0.3) is 0 Å². The second-order valence-corrected chi connectivity index (χ2v) is 8.17. The summed E-state index contributed by atoms with van der Waals surface area (Å²) in [4.78, 5) is 11.2. The highest BCUT2D eigenvalue weighted by atomic mass is 35.5. The van der Waals surface area contributed by atoms with Gasteiger partial charge >= 0.3 is 5.97 Å². The van der Waals surface area contributed by atoms with Crippen molar-refractivity contribution in [2.75, 3.05) is 18.8 Å². The first-order valence-electron chi connectivity index (χ1n) is 6.69. The summed E-state index contributed by atoms with van der Waals surface area (Å²) in [6, 6.07) is 7.08. The van der Waals surface area contributed by atoms with Gasteiger partial charge in [0.05, 0.1) is 11.2 Å². The zero-order chi connectivity index (χ0) is 15.7. The fourth-order valence-electron chi connectivity index (χ4n) is 2.40. The number of carboxylic acids is 1. The van der Waals surface area contributed by atoms with Crippen molar-refractivity contribution in [3.05, 3.63) is 34.9 Å². The summed E-state index contributed by atoms with van der Waals surface area (Å²) in [5.41, 5.74) is -0.130. The van der Waals surface area contributed by atoms with Gasteiger partial charge in [-0.2, -0.15) is 0 Å². The lowest BCUT2D eigenvalue weighted by Crippen LogP contribution is -2.36. The number of hydrogen-bond donors (Lipinski definition) is 1. The summed E-state index contributed by atoms with van der Waals surface area (Å²) in [5, 5.41) is 9.73. The molecule has 1 atom stereocenters. The normalized spacial score (nSPS) is 23.3. The van der Waals surface area contributed by atoms with E-state index in [0.29, 0.717) is 17.9 Å². The molecule has 1 aliphatic rings. The van der Waals surface area contributed by atoms with Gasteiger partial charge < -0.3 is 5.11 Å². The van der Waals surface area contributed by atoms with Crippen LogP contribution in [0.3, 0.4) is 0 Å². The van der Waals surface area contributed by atoms with Gasteiger partial charge in [0.2, 0.25) is 10.0 Å². The highest BCUT2D eigenvalue weighted by Gasteiger charge is 2.44. The molecule has 1 aromatic carbocycles. The van der Waals surface area contributed by atoms with Crippen molar-refractivity contribution in [2.45, 2.75) is 19.8 Å². The maximum Gasteiger partial charge on any atom is 0.310 e. The molecule has 1 heterocycles. The summed E-state index contributed by atoms with van der Waals surface area (Å²) >= 11 is 5.87. The number of carbonyl (C=O) groups is 1. The first-order valence-corrected chi connectivity index (χ1v) is 8.67. The summed E-state index contributed by atoms with van der Waals surface area (Å²) in [7, 11) is -3.45. The second kappa shape index (κ2) is 5.94. The largest absolute Gasteiger partial charge is 0.481 e. The third-order valence-electron chi connectivity index (χ3n) is 3.89. The Kier molecular flexibility index (Phi) is 4.60. The predicted molar refractivity (Wildman–Crippen MR) is 80.9 cm³/mol. The van der Waals surface area contributed by atoms with E-state index in [-0.39, 0.29) is 18.8 Å². The monoisotopic (exact) mass is 331 g/mol. The van der Waals surface area contributed by atoms with Crippen LogP contribution in [0.5, 0.6) is 0 Å². The molecule has 0 amide bonds. The van der Waals surface area contributed by atoms with Crippen molar-refractivity contribution in [1.29, 1.82) is 0 Å². The Morgan fingerprint density at radius 2 is 2.19 bits per heavy atom. The Morgan fingerprint density at radius 3 is 2.76 bits per heavy atom. The number of rotatable bonds is 5. The number of sulfonamides is 1. The zero-order valence-corrected chi connectivity index (χ0v) is 13.3. The van der Waals surface area contributed by atoms with E-state index >= 15 is 0 Å². The van der Waals surface area contributed by atoms with Crippen molar-refractivity contribution >= 4 is 27.6 Å². The third-order valence-corrected chi connectivity index (χ3v) is 5.94. The molecule has 1 N–H and O–H groups in total. The van der Waals surface area contributed by atoms with Gasteiger partial charge in [0, 0.05) is 18.1 Å². The van der Waals surface area contributed by atoms with Gasteiger partial charge in [-0.25, -0.2) is 12.7 Å². The van der Waals surface area contributed by atoms with Crippen LogP contribution >= 0.6 is 11.6 Å². The number of benzene rings is 1. The molecular weight excluding hydrogens is 314 g/mol. The van der Waals surface area contributed by atoms with Crippen molar-refractivity contribution in [3.8, 4) is 0 Å². The molecule has 1 aromatic rings. The summed E-state index contributed by atoms with van der Waals surface area (Å²) in [6.07, 6.45) is 0.710. The van der Waals surface area contributed by atoms with Crippen LogP contribution in [0.1, 0.15) is 18.9 Å². The Labute approximate surface area is 129 Å². The second-order valence-electron chi connectivity index (χ2n) is 5.65. The number of hydrogen-bond acceptors (Lipinski definition) is 3. The van der Waals surface area contributed by atoms with E-state index in [1.165, 1.54) is 4.31 Å². The molecule has 0 radical (unpaired) electrons. The molecule has 1 unspecified atom stereocenters. The molecule has 0 aromatic heterocycles. The predicted octanol–water partition coefficient (Wildman–Crippen LogP) is 2.01. The van der Waals surface area contributed by atoms with Crippen LogP contribution in [-0.2, 0) is 21.2 Å². The van der Waals surface area contributed by atoms with E-state index in [1.807, 2.05) is 6.07 Å². The van der Waals surface area contributed by atoms with Crippen LogP contribution in [0.2, 0.25) is 5.02 Å². The minimum Gasteiger partial charge on any atom is -0.481 e. The number of halogens is 1. The molecular formula is C14H18ClNO4S. The molecule has 1 aliphatic heterocycles. The van der Waals surface area contributed by atoms with Gasteiger partial charge in [0.15, 0.2) is 0 Å². The smallest absolute Gasteiger partial charge is 0.310 e. The Bertz CT molecular complexity index is 646. The molecule has 1 saturated heterocycles. The number of nitrogens with zero attached hydrogens (tertiary/aromatic N) is 1. The standard InChI is InChI=1S/C14H18ClNO4S/c1-14(13(17)18)6-7-16(10-14)21(19,20)8-5-11-3-2-4-12(15)9-11/h2-4,9H,5-8,10H2,1H3,(H,17,18). The minimum absolute atomic E-state index is 0.0386. The average Bonchev–Trinajstić information content (AvgIpc) is 2.82. The van der Waals surface area contributed by atoms with Crippen molar-refractivity contribution < 1.29 is 18.3 Å². The molecule has 7 heteroatoms. The van der Waals surface area contributed by atoms with Crippen LogP contribution in [0, 0.1) is 5.41 Å². The van der Waals surface area contributed by atoms with Crippen LogP contribution in [0.4, 0.5) is 0 Å². The average molecular weight is 332 g/mol. The minimum atomic E-state index is -3.45. The fourth-order valence-corrected chi connectivity index (χ4v) is 4.22. The van der Waals surface area contributed by atoms with Gasteiger partial charge in [0.25, 0.3) is 0 Å². The molecule has 0 saturated carbocycles. The SMILES string of the molecule is CC1(C(=O)O)CCN(S(=O)(=O)CCc2cccc(Cl)c2)C1. The first-order chi connectivity index (χ1) is 9.73. The molecule has 0 spiro atoms. The van der Waals surface area contributed by atoms with Gasteiger partial charge in [-0.1, -0.05) is 23.7 Å². The van der Waals surface area contributed by atoms with E-state index in [9.17, 15) is 13.2 Å². The highest BCUT2D eigenvalue weighted by Crippen LogP contribution is 2.32. The lowest BCUT2D eigenvalue weighted by atomic mass is 9.90. The number of aryl methyl sites for hydroxylation is 1. The van der Waals surface area contributed by atoms with E-state index in [1.54, 1.807) is 25.1 Å². The van der Waals surface area contributed by atoms with Crippen molar-refractivity contribution in [2.24, 2.45) is 5.41 Å². The Morgan fingerprint density at radius 1 is 1.48 bits per heavy atom. The fraction of sp³-hybridized carbons (Fsp3) is 0.500. The van der Waals surface area contributed by atoms with Crippen molar-refractivity contribution in [3.63, 3.8) is 0 Å². The molecule has 0 bridgehead atoms. The Hall–Kier alpha value is -1.11. The maximum absolute atomic E-state index is 12.3. The summed E-state index contributed by atoms with van der Waals surface area (Å²) in [6.45, 7) is 1.89. The van der Waals surface area contributed by atoms with E-state index < -0.39 is 21.4 Å². The van der Waals surface area contributed by atoms with Crippen LogP contribution in [0.15, 0.2) is 24.3 Å². The zero-order valence-electron chi connectivity index (χ0n) is 11.8. The molecule has 5 nitrogen and oxygen atoms in total. The molecule has 2 rings (SSSR count). The Balaban J connectivity index is 2.02. The topological polar surface area (TPSA) is 74.7 Å². The summed E-state index contributed by atoms with van der Waals surface area (Å²) < 4.78 is 25.9. The van der Waals surface area contributed by atoms with E-state index in [2.05, 4.69) is 0 Å². The number of carboxylic acid groups (broad SMARTS) is 1. The van der Waals surface area contributed by atoms with Gasteiger partial charge in [-0.15, -0.1) is 0 Å². The van der Waals surface area contributed by atoms with Gasteiger partial charge in [-0.3, -0.25) is 4.79 Å². The number of aliphatic carboxylic acids is 1. The first kappa shape index (κ1) is 16.3. The van der Waals surface area contributed by atoms with E-state index in [4.69, 9.17) is 16.7 Å². The molecule has 21 heavy (non-hydrogen) atoms. The summed E-state index contributed by atoms with van der Waals surface area (Å²) in [5.74, 6) is -0.988. The van der Waals surface area contributed by atoms with Crippen molar-refractivity contribution in [1.82, 2.24) is 4.31 Å². The van der Waals surface area contributed by atoms with Crippen LogP contribution < -0.4 is 0 Å². The quantitative estimate of drug-likeness (QED) is 0.895.